The summed E-state index contributed by atoms with van der Waals surface area (Å²) in [4.78, 5) is 12.5. The van der Waals surface area contributed by atoms with Crippen LogP contribution in [0.5, 0.6) is 0 Å². The molecule has 7 heteroatoms. The number of hydrogen-bond acceptors (Lipinski definition) is 4. The van der Waals surface area contributed by atoms with Gasteiger partial charge in [-0.05, 0) is 60.7 Å². The van der Waals surface area contributed by atoms with Gasteiger partial charge in [0.2, 0.25) is 0 Å². The lowest BCUT2D eigenvalue weighted by Crippen LogP contribution is -2.12. The second-order valence-corrected chi connectivity index (χ2v) is 7.40. The van der Waals surface area contributed by atoms with E-state index in [0.29, 0.717) is 34.0 Å². The fourth-order valence-corrected chi connectivity index (χ4v) is 3.26. The van der Waals surface area contributed by atoms with E-state index in [1.54, 1.807) is 42.5 Å². The SMILES string of the molecule is O=C(Nc1cccc(Br)c1)c1cccc(Nc2ccc(-c3cccc(F)c3)nn2)c1. The Morgan fingerprint density at radius 2 is 1.63 bits per heavy atom. The van der Waals surface area contributed by atoms with E-state index in [1.807, 2.05) is 30.3 Å². The van der Waals surface area contributed by atoms with Crippen LogP contribution >= 0.6 is 15.9 Å². The molecule has 0 saturated heterocycles. The van der Waals surface area contributed by atoms with Gasteiger partial charge in [-0.3, -0.25) is 4.79 Å². The van der Waals surface area contributed by atoms with E-state index in [2.05, 4.69) is 36.8 Å². The number of hydrogen-bond donors (Lipinski definition) is 2. The first kappa shape index (κ1) is 19.7. The maximum Gasteiger partial charge on any atom is 0.255 e. The van der Waals surface area contributed by atoms with Crippen LogP contribution in [0.3, 0.4) is 0 Å². The first-order chi connectivity index (χ1) is 14.6. The molecule has 0 atom stereocenters. The summed E-state index contributed by atoms with van der Waals surface area (Å²) in [5.74, 6) is -0.0292. The Labute approximate surface area is 181 Å². The van der Waals surface area contributed by atoms with E-state index >= 15 is 0 Å². The Balaban J connectivity index is 1.47. The predicted octanol–water partition coefficient (Wildman–Crippen LogP) is 6.04. The van der Waals surface area contributed by atoms with Crippen molar-refractivity contribution in [3.8, 4) is 11.3 Å². The maximum atomic E-state index is 13.4. The third-order valence-corrected chi connectivity index (χ3v) is 4.76. The molecule has 0 spiro atoms. The van der Waals surface area contributed by atoms with Crippen LogP contribution in [0.2, 0.25) is 0 Å². The molecule has 30 heavy (non-hydrogen) atoms. The lowest BCUT2D eigenvalue weighted by atomic mass is 10.1. The van der Waals surface area contributed by atoms with Gasteiger partial charge in [0, 0.05) is 27.0 Å². The van der Waals surface area contributed by atoms with Gasteiger partial charge in [0.15, 0.2) is 5.82 Å². The molecular formula is C23H16BrFN4O. The lowest BCUT2D eigenvalue weighted by Gasteiger charge is -2.09. The van der Waals surface area contributed by atoms with Crippen LogP contribution in [-0.2, 0) is 0 Å². The molecule has 2 N–H and O–H groups in total. The highest BCUT2D eigenvalue weighted by Gasteiger charge is 2.08. The third-order valence-electron chi connectivity index (χ3n) is 4.26. The lowest BCUT2D eigenvalue weighted by molar-refractivity contribution is 0.102. The van der Waals surface area contributed by atoms with Crippen LogP contribution < -0.4 is 10.6 Å². The minimum atomic E-state index is -0.325. The standard InChI is InChI=1S/C23H16BrFN4O/c24-17-6-3-9-20(14-17)27-23(30)16-5-2-8-19(13-16)26-22-11-10-21(28-29-22)15-4-1-7-18(25)12-15/h1-14H,(H,26,29)(H,27,30). The number of carbonyl (C=O) groups is 1. The average Bonchev–Trinajstić information content (AvgIpc) is 2.74. The highest BCUT2D eigenvalue weighted by Crippen LogP contribution is 2.21. The van der Waals surface area contributed by atoms with E-state index in [4.69, 9.17) is 0 Å². The van der Waals surface area contributed by atoms with Gasteiger partial charge >= 0.3 is 0 Å². The fraction of sp³-hybridized carbons (Fsp3) is 0. The summed E-state index contributed by atoms with van der Waals surface area (Å²) in [6, 6.07) is 24.2. The van der Waals surface area contributed by atoms with Crippen LogP contribution in [0.1, 0.15) is 10.4 Å². The molecule has 148 valence electrons. The number of rotatable bonds is 5. The molecular weight excluding hydrogens is 447 g/mol. The highest BCUT2D eigenvalue weighted by atomic mass is 79.9. The molecule has 0 bridgehead atoms. The first-order valence-electron chi connectivity index (χ1n) is 9.10. The van der Waals surface area contributed by atoms with Crippen LogP contribution in [-0.4, -0.2) is 16.1 Å². The summed E-state index contributed by atoms with van der Waals surface area (Å²) in [6.45, 7) is 0. The van der Waals surface area contributed by atoms with E-state index in [9.17, 15) is 9.18 Å². The van der Waals surface area contributed by atoms with Gasteiger partial charge in [0.25, 0.3) is 5.91 Å². The zero-order valence-electron chi connectivity index (χ0n) is 15.6. The Bertz CT molecular complexity index is 1200. The summed E-state index contributed by atoms with van der Waals surface area (Å²) in [5.41, 5.74) is 3.13. The molecule has 3 aromatic carbocycles. The van der Waals surface area contributed by atoms with Crippen molar-refractivity contribution in [1.82, 2.24) is 10.2 Å². The monoisotopic (exact) mass is 462 g/mol. The largest absolute Gasteiger partial charge is 0.339 e. The third kappa shape index (κ3) is 4.87. The molecule has 0 aliphatic rings. The number of anilines is 3. The molecule has 5 nitrogen and oxygen atoms in total. The molecule has 4 aromatic rings. The number of halogens is 2. The molecule has 0 unspecified atom stereocenters. The quantitative estimate of drug-likeness (QED) is 0.379. The number of nitrogens with one attached hydrogen (secondary N) is 2. The van der Waals surface area contributed by atoms with E-state index in [-0.39, 0.29) is 11.7 Å². The Morgan fingerprint density at radius 1 is 0.833 bits per heavy atom. The Kier molecular flexibility index (Phi) is 5.81. The number of amides is 1. The van der Waals surface area contributed by atoms with Gasteiger partial charge in [0.05, 0.1) is 5.69 Å². The van der Waals surface area contributed by atoms with Crippen molar-refractivity contribution < 1.29 is 9.18 Å². The summed E-state index contributed by atoms with van der Waals surface area (Å²) >= 11 is 3.39. The second kappa shape index (κ2) is 8.84. The van der Waals surface area contributed by atoms with Crippen LogP contribution in [0.15, 0.2) is 89.4 Å². The zero-order valence-corrected chi connectivity index (χ0v) is 17.2. The van der Waals surface area contributed by atoms with Gasteiger partial charge in [-0.1, -0.05) is 40.2 Å². The summed E-state index contributed by atoms with van der Waals surface area (Å²) < 4.78 is 14.3. The van der Waals surface area contributed by atoms with Gasteiger partial charge in [-0.25, -0.2) is 4.39 Å². The minimum absolute atomic E-state index is 0.218. The van der Waals surface area contributed by atoms with Crippen LogP contribution in [0.4, 0.5) is 21.6 Å². The summed E-state index contributed by atoms with van der Waals surface area (Å²) in [5, 5.41) is 14.3. The summed E-state index contributed by atoms with van der Waals surface area (Å²) in [7, 11) is 0. The Morgan fingerprint density at radius 3 is 2.40 bits per heavy atom. The van der Waals surface area contributed by atoms with Crippen LogP contribution in [0.25, 0.3) is 11.3 Å². The number of benzene rings is 3. The molecule has 0 saturated carbocycles. The minimum Gasteiger partial charge on any atom is -0.339 e. The Hall–Kier alpha value is -3.58. The van der Waals surface area contributed by atoms with Crippen molar-refractivity contribution in [2.75, 3.05) is 10.6 Å². The number of nitrogens with zero attached hydrogens (tertiary/aromatic N) is 2. The normalized spacial score (nSPS) is 10.5. The van der Waals surface area contributed by atoms with Crippen molar-refractivity contribution in [1.29, 1.82) is 0 Å². The topological polar surface area (TPSA) is 66.9 Å². The van der Waals surface area contributed by atoms with Crippen molar-refractivity contribution in [3.05, 3.63) is 101 Å². The highest BCUT2D eigenvalue weighted by molar-refractivity contribution is 9.10. The zero-order chi connectivity index (χ0) is 20.9. The van der Waals surface area contributed by atoms with E-state index in [1.165, 1.54) is 12.1 Å². The van der Waals surface area contributed by atoms with Gasteiger partial charge < -0.3 is 10.6 Å². The van der Waals surface area contributed by atoms with Crippen molar-refractivity contribution >= 4 is 39.0 Å². The van der Waals surface area contributed by atoms with Crippen molar-refractivity contribution in [3.63, 3.8) is 0 Å². The van der Waals surface area contributed by atoms with E-state index in [0.717, 1.165) is 4.47 Å². The molecule has 1 heterocycles. The smallest absolute Gasteiger partial charge is 0.255 e. The molecule has 0 fully saturated rings. The van der Waals surface area contributed by atoms with Crippen molar-refractivity contribution in [2.24, 2.45) is 0 Å². The molecule has 1 aromatic heterocycles. The van der Waals surface area contributed by atoms with Gasteiger partial charge in [-0.15, -0.1) is 10.2 Å². The van der Waals surface area contributed by atoms with Crippen LogP contribution in [0, 0.1) is 5.82 Å². The molecule has 4 rings (SSSR count). The molecule has 0 aliphatic heterocycles. The second-order valence-electron chi connectivity index (χ2n) is 6.48. The number of aromatic nitrogens is 2. The molecule has 0 aliphatic carbocycles. The average molecular weight is 463 g/mol. The maximum absolute atomic E-state index is 13.4. The van der Waals surface area contributed by atoms with Gasteiger partial charge in [0.1, 0.15) is 5.82 Å². The number of carbonyl (C=O) groups excluding carboxylic acids is 1. The van der Waals surface area contributed by atoms with E-state index < -0.39 is 0 Å². The fourth-order valence-electron chi connectivity index (χ4n) is 2.86. The first-order valence-corrected chi connectivity index (χ1v) is 9.90. The van der Waals surface area contributed by atoms with Gasteiger partial charge in [-0.2, -0.15) is 0 Å². The molecule has 0 radical (unpaired) electrons. The summed E-state index contributed by atoms with van der Waals surface area (Å²) in [6.07, 6.45) is 0. The predicted molar refractivity (Wildman–Crippen MR) is 119 cm³/mol. The molecule has 1 amide bonds. The van der Waals surface area contributed by atoms with Crippen molar-refractivity contribution in [2.45, 2.75) is 0 Å².